The number of hydrogen-bond donors (Lipinski definition) is 2. The summed E-state index contributed by atoms with van der Waals surface area (Å²) in [5, 5.41) is 18.8. The van der Waals surface area contributed by atoms with E-state index in [0.717, 1.165) is 16.3 Å². The monoisotopic (exact) mass is 359 g/mol. The number of aromatic nitrogens is 2. The van der Waals surface area contributed by atoms with E-state index >= 15 is 0 Å². The maximum Gasteiger partial charge on any atom is 0.408 e. The quantitative estimate of drug-likeness (QED) is 0.716. The lowest BCUT2D eigenvalue weighted by molar-refractivity contribution is -0.143. The largest absolute Gasteiger partial charge is 0.480 e. The van der Waals surface area contributed by atoms with Crippen LogP contribution in [-0.2, 0) is 11.2 Å². The number of carbonyl (C=O) groups is 2. The fourth-order valence-electron chi connectivity index (χ4n) is 2.95. The summed E-state index contributed by atoms with van der Waals surface area (Å²) in [5.41, 5.74) is 1.94. The Morgan fingerprint density at radius 1 is 1.19 bits per heavy atom. The maximum atomic E-state index is 11.6. The summed E-state index contributed by atoms with van der Waals surface area (Å²) in [7, 11) is 0. The van der Waals surface area contributed by atoms with Crippen molar-refractivity contribution in [1.29, 1.82) is 0 Å². The van der Waals surface area contributed by atoms with Gasteiger partial charge in [-0.05, 0) is 37.3 Å². The molecule has 2 aromatic rings. The number of aliphatic carboxylic acids is 1. The lowest BCUT2D eigenvalue weighted by Gasteiger charge is -2.27. The lowest BCUT2D eigenvalue weighted by atomic mass is 10.0. The van der Waals surface area contributed by atoms with Crippen molar-refractivity contribution >= 4 is 12.1 Å². The number of rotatable bonds is 9. The molecule has 140 valence electrons. The van der Waals surface area contributed by atoms with Gasteiger partial charge >= 0.3 is 12.1 Å². The van der Waals surface area contributed by atoms with Gasteiger partial charge in [0.25, 0.3) is 0 Å². The molecule has 0 radical (unpaired) electrons. The molecule has 7 nitrogen and oxygen atoms in total. The van der Waals surface area contributed by atoms with Crippen LogP contribution < -0.4 is 0 Å². The highest BCUT2D eigenvalue weighted by Gasteiger charge is 2.29. The fourth-order valence-corrected chi connectivity index (χ4v) is 2.95. The molecule has 1 aromatic carbocycles. The third-order valence-electron chi connectivity index (χ3n) is 4.18. The summed E-state index contributed by atoms with van der Waals surface area (Å²) in [4.78, 5) is 28.3. The number of benzene rings is 1. The van der Waals surface area contributed by atoms with E-state index in [9.17, 15) is 19.8 Å². The molecule has 1 heterocycles. The molecule has 0 fully saturated rings. The van der Waals surface area contributed by atoms with E-state index in [4.69, 9.17) is 0 Å². The van der Waals surface area contributed by atoms with E-state index in [1.165, 1.54) is 0 Å². The van der Waals surface area contributed by atoms with E-state index < -0.39 is 18.1 Å². The van der Waals surface area contributed by atoms with Gasteiger partial charge in [0.05, 0.1) is 6.33 Å². The Labute approximate surface area is 152 Å². The van der Waals surface area contributed by atoms with Crippen molar-refractivity contribution in [3.63, 3.8) is 0 Å². The number of amides is 1. The zero-order valence-electron chi connectivity index (χ0n) is 15.1. The number of carboxylic acids is 1. The van der Waals surface area contributed by atoms with E-state index in [0.29, 0.717) is 19.3 Å². The molecule has 1 atom stereocenters. The van der Waals surface area contributed by atoms with Crippen molar-refractivity contribution in [2.24, 2.45) is 5.92 Å². The van der Waals surface area contributed by atoms with Crippen LogP contribution in [0.5, 0.6) is 0 Å². The molecule has 0 spiro atoms. The first-order valence-corrected chi connectivity index (χ1v) is 8.69. The number of nitrogens with zero attached hydrogens (tertiary/aromatic N) is 3. The van der Waals surface area contributed by atoms with Crippen LogP contribution in [0, 0.1) is 5.92 Å². The Bertz CT molecular complexity index is 727. The summed E-state index contributed by atoms with van der Waals surface area (Å²) in [6.45, 7) is 3.93. The molecule has 0 saturated heterocycles. The SMILES string of the molecule is CC(C)CC(C(=O)O)N(CCCc1cncn1-c1ccccc1)C(=O)O. The van der Waals surface area contributed by atoms with E-state index in [-0.39, 0.29) is 12.5 Å². The van der Waals surface area contributed by atoms with Crippen LogP contribution in [0.25, 0.3) is 5.69 Å². The molecule has 0 aliphatic rings. The molecule has 7 heteroatoms. The Hall–Kier alpha value is -2.83. The van der Waals surface area contributed by atoms with Crippen LogP contribution in [0.2, 0.25) is 0 Å². The molecule has 0 saturated carbocycles. The van der Waals surface area contributed by atoms with Crippen LogP contribution >= 0.6 is 0 Å². The Balaban J connectivity index is 2.04. The van der Waals surface area contributed by atoms with Crippen molar-refractivity contribution in [3.8, 4) is 5.69 Å². The van der Waals surface area contributed by atoms with Gasteiger partial charge in [-0.15, -0.1) is 0 Å². The average molecular weight is 359 g/mol. The van der Waals surface area contributed by atoms with Gasteiger partial charge in [-0.2, -0.15) is 0 Å². The molecule has 2 N–H and O–H groups in total. The number of hydrogen-bond acceptors (Lipinski definition) is 3. The summed E-state index contributed by atoms with van der Waals surface area (Å²) in [6, 6.07) is 8.73. The molecule has 2 rings (SSSR count). The first kappa shape index (κ1) is 19.5. The number of carboxylic acid groups (broad SMARTS) is 2. The van der Waals surface area contributed by atoms with Gasteiger partial charge < -0.3 is 14.8 Å². The smallest absolute Gasteiger partial charge is 0.408 e. The van der Waals surface area contributed by atoms with Gasteiger partial charge in [-0.3, -0.25) is 4.90 Å². The van der Waals surface area contributed by atoms with E-state index in [2.05, 4.69) is 4.98 Å². The Morgan fingerprint density at radius 3 is 2.46 bits per heavy atom. The molecule has 0 bridgehead atoms. The summed E-state index contributed by atoms with van der Waals surface area (Å²) < 4.78 is 1.95. The first-order chi connectivity index (χ1) is 12.4. The van der Waals surface area contributed by atoms with Crippen molar-refractivity contribution in [3.05, 3.63) is 48.5 Å². The second-order valence-corrected chi connectivity index (χ2v) is 6.65. The van der Waals surface area contributed by atoms with Gasteiger partial charge in [0.1, 0.15) is 6.04 Å². The molecular weight excluding hydrogens is 334 g/mol. The minimum absolute atomic E-state index is 0.0949. The normalized spacial score (nSPS) is 12.1. The summed E-state index contributed by atoms with van der Waals surface area (Å²) in [5.74, 6) is -1.01. The van der Waals surface area contributed by atoms with Crippen LogP contribution in [0.4, 0.5) is 4.79 Å². The molecule has 1 amide bonds. The van der Waals surface area contributed by atoms with Crippen molar-refractivity contribution in [2.45, 2.75) is 39.2 Å². The fraction of sp³-hybridized carbons (Fsp3) is 0.421. The second-order valence-electron chi connectivity index (χ2n) is 6.65. The third-order valence-corrected chi connectivity index (χ3v) is 4.18. The minimum atomic E-state index is -1.20. The summed E-state index contributed by atoms with van der Waals surface area (Å²) >= 11 is 0. The summed E-state index contributed by atoms with van der Waals surface area (Å²) in [6.07, 6.45) is 3.69. The molecule has 26 heavy (non-hydrogen) atoms. The average Bonchev–Trinajstić information content (AvgIpc) is 3.05. The number of imidazole rings is 1. The van der Waals surface area contributed by atoms with Gasteiger partial charge in [0.2, 0.25) is 0 Å². The predicted molar refractivity (Wildman–Crippen MR) is 97.5 cm³/mol. The highest BCUT2D eigenvalue weighted by Crippen LogP contribution is 2.16. The molecule has 0 aliphatic carbocycles. The third kappa shape index (κ3) is 5.08. The number of aryl methyl sites for hydroxylation is 1. The standard InChI is InChI=1S/C19H25N3O4/c1-14(2)11-17(18(23)24)21(19(25)26)10-6-9-16-12-20-13-22(16)15-7-4-3-5-8-15/h3-5,7-8,12-14,17H,6,9-11H2,1-2H3,(H,23,24)(H,25,26). The first-order valence-electron chi connectivity index (χ1n) is 8.69. The highest BCUT2D eigenvalue weighted by molar-refractivity contribution is 5.79. The van der Waals surface area contributed by atoms with Gasteiger partial charge in [0.15, 0.2) is 0 Å². The van der Waals surface area contributed by atoms with E-state index in [1.807, 2.05) is 48.7 Å². The molecular formula is C19H25N3O4. The predicted octanol–water partition coefficient (Wildman–Crippen LogP) is 3.28. The van der Waals surface area contributed by atoms with Gasteiger partial charge in [-0.25, -0.2) is 14.6 Å². The molecule has 0 aliphatic heterocycles. The molecule has 1 aromatic heterocycles. The minimum Gasteiger partial charge on any atom is -0.480 e. The van der Waals surface area contributed by atoms with E-state index in [1.54, 1.807) is 12.5 Å². The highest BCUT2D eigenvalue weighted by atomic mass is 16.4. The number of para-hydroxylation sites is 1. The van der Waals surface area contributed by atoms with Crippen molar-refractivity contribution in [1.82, 2.24) is 14.5 Å². The van der Waals surface area contributed by atoms with Crippen LogP contribution in [0.3, 0.4) is 0 Å². The second kappa shape index (κ2) is 9.03. The zero-order valence-corrected chi connectivity index (χ0v) is 15.1. The van der Waals surface area contributed by atoms with Crippen molar-refractivity contribution in [2.75, 3.05) is 6.54 Å². The Morgan fingerprint density at radius 2 is 1.88 bits per heavy atom. The van der Waals surface area contributed by atoms with Crippen LogP contribution in [-0.4, -0.2) is 49.3 Å². The molecule has 1 unspecified atom stereocenters. The zero-order chi connectivity index (χ0) is 19.1. The van der Waals surface area contributed by atoms with Gasteiger partial charge in [-0.1, -0.05) is 32.0 Å². The maximum absolute atomic E-state index is 11.6. The lowest BCUT2D eigenvalue weighted by Crippen LogP contribution is -2.45. The van der Waals surface area contributed by atoms with Crippen LogP contribution in [0.1, 0.15) is 32.4 Å². The van der Waals surface area contributed by atoms with Crippen molar-refractivity contribution < 1.29 is 19.8 Å². The Kier molecular flexibility index (Phi) is 6.77. The van der Waals surface area contributed by atoms with Crippen LogP contribution in [0.15, 0.2) is 42.9 Å². The van der Waals surface area contributed by atoms with Gasteiger partial charge in [0, 0.05) is 24.1 Å². The topological polar surface area (TPSA) is 95.7 Å².